The lowest BCUT2D eigenvalue weighted by atomic mass is 10.3. The van der Waals surface area contributed by atoms with E-state index < -0.39 is 0 Å². The van der Waals surface area contributed by atoms with Gasteiger partial charge in [-0.05, 0) is 42.8 Å². The molecule has 0 saturated heterocycles. The smallest absolute Gasteiger partial charge is 0.126 e. The van der Waals surface area contributed by atoms with Crippen LogP contribution in [0.5, 0.6) is 0 Å². The normalized spacial score (nSPS) is 13.6. The zero-order chi connectivity index (χ0) is 11.9. The number of halogens is 1. The fourth-order valence-corrected chi connectivity index (χ4v) is 2.18. The Morgan fingerprint density at radius 3 is 2.62 bits per heavy atom. The van der Waals surface area contributed by atoms with Crippen LogP contribution >= 0.6 is 15.9 Å². The molecule has 2 heterocycles. The van der Waals surface area contributed by atoms with Gasteiger partial charge in [-0.15, -0.1) is 0 Å². The molecular formula is C11H15BrN4. The number of aromatic nitrogens is 3. The van der Waals surface area contributed by atoms with Crippen LogP contribution in [0, 0.1) is 0 Å². The van der Waals surface area contributed by atoms with Gasteiger partial charge in [0.2, 0.25) is 0 Å². The second kappa shape index (κ2) is 4.14. The first-order valence-electron chi connectivity index (χ1n) is 5.29. The first-order valence-corrected chi connectivity index (χ1v) is 6.09. The molecule has 86 valence electrons. The summed E-state index contributed by atoms with van der Waals surface area (Å²) in [6, 6.07) is 2.24. The van der Waals surface area contributed by atoms with Gasteiger partial charge in [0.1, 0.15) is 15.9 Å². The summed E-state index contributed by atoms with van der Waals surface area (Å²) in [6.45, 7) is 6.20. The monoisotopic (exact) mass is 282 g/mol. The molecule has 0 fully saturated rings. The van der Waals surface area contributed by atoms with Crippen LogP contribution < -0.4 is 5.73 Å². The quantitative estimate of drug-likeness (QED) is 0.862. The molecule has 5 heteroatoms. The largest absolute Gasteiger partial charge is 0.324 e. The van der Waals surface area contributed by atoms with Gasteiger partial charge in [0, 0.05) is 6.04 Å². The summed E-state index contributed by atoms with van der Waals surface area (Å²) in [6.07, 6.45) is 1.77. The Kier molecular flexibility index (Phi) is 2.99. The van der Waals surface area contributed by atoms with Crippen molar-refractivity contribution in [1.29, 1.82) is 0 Å². The molecule has 0 aliphatic carbocycles. The second-order valence-electron chi connectivity index (χ2n) is 4.22. The van der Waals surface area contributed by atoms with Crippen LogP contribution in [0.2, 0.25) is 0 Å². The van der Waals surface area contributed by atoms with Crippen molar-refractivity contribution in [2.24, 2.45) is 5.73 Å². The maximum absolute atomic E-state index is 5.94. The van der Waals surface area contributed by atoms with E-state index in [0.717, 1.165) is 21.5 Å². The first-order chi connectivity index (χ1) is 7.50. The minimum Gasteiger partial charge on any atom is -0.324 e. The number of imidazole rings is 1. The van der Waals surface area contributed by atoms with Crippen LogP contribution in [-0.2, 0) is 0 Å². The van der Waals surface area contributed by atoms with Gasteiger partial charge < -0.3 is 10.3 Å². The summed E-state index contributed by atoms with van der Waals surface area (Å²) in [7, 11) is 0. The highest BCUT2D eigenvalue weighted by molar-refractivity contribution is 9.10. The molecule has 0 amide bonds. The zero-order valence-electron chi connectivity index (χ0n) is 9.61. The molecule has 0 aromatic carbocycles. The Morgan fingerprint density at radius 1 is 1.38 bits per heavy atom. The van der Waals surface area contributed by atoms with Crippen LogP contribution in [0.25, 0.3) is 11.0 Å². The Labute approximate surface area is 103 Å². The summed E-state index contributed by atoms with van der Waals surface area (Å²) >= 11 is 3.38. The highest BCUT2D eigenvalue weighted by Crippen LogP contribution is 2.25. The molecule has 0 aliphatic heterocycles. The summed E-state index contributed by atoms with van der Waals surface area (Å²) in [5, 5.41) is 0. The number of hydrogen-bond acceptors (Lipinski definition) is 3. The number of nitrogens with zero attached hydrogens (tertiary/aromatic N) is 3. The van der Waals surface area contributed by atoms with Gasteiger partial charge in [0.25, 0.3) is 0 Å². The maximum Gasteiger partial charge on any atom is 0.126 e. The molecule has 0 aliphatic rings. The minimum absolute atomic E-state index is 0.0754. The SMILES string of the molecule is CC(C)n1c([C@H](C)N)nc2cnc(Br)cc21. The fraction of sp³-hybridized carbons (Fsp3) is 0.455. The molecule has 0 bridgehead atoms. The molecule has 0 unspecified atom stereocenters. The van der Waals surface area contributed by atoms with E-state index in [1.807, 2.05) is 13.0 Å². The van der Waals surface area contributed by atoms with Crippen molar-refractivity contribution in [1.82, 2.24) is 14.5 Å². The summed E-state index contributed by atoms with van der Waals surface area (Å²) in [4.78, 5) is 8.71. The van der Waals surface area contributed by atoms with E-state index >= 15 is 0 Å². The fourth-order valence-electron chi connectivity index (χ4n) is 1.86. The van der Waals surface area contributed by atoms with Crippen molar-refractivity contribution in [2.45, 2.75) is 32.9 Å². The molecule has 2 N–H and O–H groups in total. The van der Waals surface area contributed by atoms with Crippen molar-refractivity contribution < 1.29 is 0 Å². The number of hydrogen-bond donors (Lipinski definition) is 1. The van der Waals surface area contributed by atoms with Crippen molar-refractivity contribution in [3.8, 4) is 0 Å². The summed E-state index contributed by atoms with van der Waals surface area (Å²) < 4.78 is 2.98. The topological polar surface area (TPSA) is 56.7 Å². The van der Waals surface area contributed by atoms with E-state index in [4.69, 9.17) is 5.73 Å². The molecule has 0 radical (unpaired) electrons. The standard InChI is InChI=1S/C11H15BrN4/c1-6(2)16-9-4-10(12)14-5-8(9)15-11(16)7(3)13/h4-7H,13H2,1-3H3/t7-/m0/s1. The number of nitrogens with two attached hydrogens (primary N) is 1. The molecular weight excluding hydrogens is 268 g/mol. The maximum atomic E-state index is 5.94. The average Bonchev–Trinajstić information content (AvgIpc) is 2.55. The summed E-state index contributed by atoms with van der Waals surface area (Å²) in [5.41, 5.74) is 7.90. The first kappa shape index (κ1) is 11.5. The molecule has 4 nitrogen and oxygen atoms in total. The van der Waals surface area contributed by atoms with Crippen LogP contribution in [0.15, 0.2) is 16.9 Å². The molecule has 2 aromatic heterocycles. The van der Waals surface area contributed by atoms with E-state index in [-0.39, 0.29) is 6.04 Å². The van der Waals surface area contributed by atoms with Gasteiger partial charge in [-0.1, -0.05) is 0 Å². The van der Waals surface area contributed by atoms with Gasteiger partial charge in [-0.25, -0.2) is 9.97 Å². The predicted molar refractivity (Wildman–Crippen MR) is 68.2 cm³/mol. The third kappa shape index (κ3) is 1.85. The highest BCUT2D eigenvalue weighted by Gasteiger charge is 2.16. The molecule has 16 heavy (non-hydrogen) atoms. The van der Waals surface area contributed by atoms with E-state index in [1.54, 1.807) is 6.20 Å². The summed E-state index contributed by atoms with van der Waals surface area (Å²) in [5.74, 6) is 0.907. The van der Waals surface area contributed by atoms with Crippen molar-refractivity contribution in [2.75, 3.05) is 0 Å². The van der Waals surface area contributed by atoms with E-state index in [1.165, 1.54) is 0 Å². The van der Waals surface area contributed by atoms with Crippen LogP contribution in [0.3, 0.4) is 0 Å². The van der Waals surface area contributed by atoms with Crippen LogP contribution in [0.4, 0.5) is 0 Å². The van der Waals surface area contributed by atoms with Crippen molar-refractivity contribution >= 4 is 27.0 Å². The second-order valence-corrected chi connectivity index (χ2v) is 5.03. The Hall–Kier alpha value is -0.940. The van der Waals surface area contributed by atoms with E-state index in [2.05, 4.69) is 44.3 Å². The predicted octanol–water partition coefficient (Wildman–Crippen LogP) is 2.79. The number of pyridine rings is 1. The van der Waals surface area contributed by atoms with Gasteiger partial charge >= 0.3 is 0 Å². The van der Waals surface area contributed by atoms with Crippen molar-refractivity contribution in [3.63, 3.8) is 0 Å². The third-order valence-corrected chi connectivity index (χ3v) is 2.93. The van der Waals surface area contributed by atoms with Crippen LogP contribution in [-0.4, -0.2) is 14.5 Å². The van der Waals surface area contributed by atoms with Crippen LogP contribution in [0.1, 0.15) is 38.7 Å². The van der Waals surface area contributed by atoms with Gasteiger partial charge in [-0.3, -0.25) is 0 Å². The lowest BCUT2D eigenvalue weighted by Gasteiger charge is -2.14. The Balaban J connectivity index is 2.77. The third-order valence-electron chi connectivity index (χ3n) is 2.49. The number of rotatable bonds is 2. The highest BCUT2D eigenvalue weighted by atomic mass is 79.9. The lowest BCUT2D eigenvalue weighted by molar-refractivity contribution is 0.557. The molecule has 2 aromatic rings. The van der Waals surface area contributed by atoms with E-state index in [9.17, 15) is 0 Å². The molecule has 0 spiro atoms. The van der Waals surface area contributed by atoms with Gasteiger partial charge in [-0.2, -0.15) is 0 Å². The minimum atomic E-state index is -0.0754. The zero-order valence-corrected chi connectivity index (χ0v) is 11.2. The Morgan fingerprint density at radius 2 is 2.06 bits per heavy atom. The molecule has 1 atom stereocenters. The van der Waals surface area contributed by atoms with Crippen molar-refractivity contribution in [3.05, 3.63) is 22.7 Å². The lowest BCUT2D eigenvalue weighted by Crippen LogP contribution is -2.14. The van der Waals surface area contributed by atoms with E-state index in [0.29, 0.717) is 6.04 Å². The van der Waals surface area contributed by atoms with Gasteiger partial charge in [0.05, 0.1) is 17.8 Å². The average molecular weight is 283 g/mol. The molecule has 2 rings (SSSR count). The Bertz CT molecular complexity index is 516. The number of fused-ring (bicyclic) bond motifs is 1. The van der Waals surface area contributed by atoms with Gasteiger partial charge in [0.15, 0.2) is 0 Å². The molecule has 0 saturated carbocycles.